The zero-order valence-corrected chi connectivity index (χ0v) is 26.0. The summed E-state index contributed by atoms with van der Waals surface area (Å²) in [5, 5.41) is 3.00. The number of nitrogens with zero attached hydrogens (tertiary/aromatic N) is 2. The first-order valence-electron chi connectivity index (χ1n) is 13.4. The number of nitrogens with one attached hydrogen (secondary N) is 1. The molecule has 0 radical (unpaired) electrons. The Kier molecular flexibility index (Phi) is 11.3. The summed E-state index contributed by atoms with van der Waals surface area (Å²) < 4.78 is 27.8. The second-order valence-corrected chi connectivity index (χ2v) is 12.8. The Bertz CT molecular complexity index is 1410. The molecule has 0 aliphatic carbocycles. The molecule has 9 heteroatoms. The molecule has 214 valence electrons. The van der Waals surface area contributed by atoms with Crippen LogP contribution in [0, 0.1) is 13.8 Å². The lowest BCUT2D eigenvalue weighted by molar-refractivity contribution is -0.140. The molecule has 0 saturated carbocycles. The molecular formula is C31H38BrN3O4S. The molecule has 0 unspecified atom stereocenters. The van der Waals surface area contributed by atoms with Crippen LogP contribution in [0.2, 0.25) is 0 Å². The van der Waals surface area contributed by atoms with Gasteiger partial charge in [0.25, 0.3) is 0 Å². The standard InChI is InChI=1S/C31H38BrN3O4S/c1-5-6-18-33-31(37)29(20-25-13-8-7-9-14-25)34(21-26-15-11-10-12-23(26)2)30(36)22-35(40(4,38)39)27-16-17-28(32)24(3)19-27/h7-17,19,29H,5-6,18,20-22H2,1-4H3,(H,33,37)/t29-/m1/s1. The van der Waals surface area contributed by atoms with E-state index in [0.29, 0.717) is 18.7 Å². The summed E-state index contributed by atoms with van der Waals surface area (Å²) in [6.45, 7) is 6.10. The number of amides is 2. The molecule has 3 aromatic carbocycles. The van der Waals surface area contributed by atoms with Crippen LogP contribution < -0.4 is 9.62 Å². The van der Waals surface area contributed by atoms with Crippen molar-refractivity contribution in [3.8, 4) is 0 Å². The SMILES string of the molecule is CCCCNC(=O)[C@@H](Cc1ccccc1)N(Cc1ccccc1C)C(=O)CN(c1ccc(Br)c(C)c1)S(C)(=O)=O. The fraction of sp³-hybridized carbons (Fsp3) is 0.355. The Hall–Kier alpha value is -3.17. The van der Waals surface area contributed by atoms with Crippen molar-refractivity contribution in [3.05, 3.63) is 99.5 Å². The second-order valence-electron chi connectivity index (χ2n) is 10.0. The number of carbonyl (C=O) groups excluding carboxylic acids is 2. The van der Waals surface area contributed by atoms with Crippen molar-refractivity contribution in [2.45, 2.75) is 52.6 Å². The zero-order chi connectivity index (χ0) is 29.3. The van der Waals surface area contributed by atoms with Gasteiger partial charge in [-0.15, -0.1) is 0 Å². The van der Waals surface area contributed by atoms with Gasteiger partial charge in [0.05, 0.1) is 11.9 Å². The first kappa shape index (κ1) is 31.4. The molecule has 0 aromatic heterocycles. The number of carbonyl (C=O) groups is 2. The van der Waals surface area contributed by atoms with Crippen molar-refractivity contribution in [1.82, 2.24) is 10.2 Å². The van der Waals surface area contributed by atoms with Crippen LogP contribution in [0.4, 0.5) is 5.69 Å². The van der Waals surface area contributed by atoms with E-state index in [-0.39, 0.29) is 12.5 Å². The summed E-state index contributed by atoms with van der Waals surface area (Å²) in [4.78, 5) is 29.3. The van der Waals surface area contributed by atoms with Crippen LogP contribution in [0.1, 0.15) is 42.0 Å². The Labute approximate surface area is 246 Å². The average Bonchev–Trinajstić information content (AvgIpc) is 2.91. The molecule has 0 saturated heterocycles. The number of halogens is 1. The Morgan fingerprint density at radius 2 is 1.62 bits per heavy atom. The van der Waals surface area contributed by atoms with E-state index >= 15 is 0 Å². The normalized spacial score (nSPS) is 12.0. The van der Waals surface area contributed by atoms with Gasteiger partial charge in [-0.2, -0.15) is 0 Å². The number of benzene rings is 3. The number of hydrogen-bond acceptors (Lipinski definition) is 4. The second kappa shape index (κ2) is 14.5. The molecule has 0 bridgehead atoms. The van der Waals surface area contributed by atoms with Gasteiger partial charge in [0.1, 0.15) is 12.6 Å². The minimum Gasteiger partial charge on any atom is -0.354 e. The monoisotopic (exact) mass is 627 g/mol. The lowest BCUT2D eigenvalue weighted by Crippen LogP contribution is -2.53. The van der Waals surface area contributed by atoms with Crippen molar-refractivity contribution in [1.29, 1.82) is 0 Å². The summed E-state index contributed by atoms with van der Waals surface area (Å²) >= 11 is 3.45. The third kappa shape index (κ3) is 8.66. The summed E-state index contributed by atoms with van der Waals surface area (Å²) in [6, 6.07) is 21.6. The van der Waals surface area contributed by atoms with Crippen LogP contribution in [0.25, 0.3) is 0 Å². The van der Waals surface area contributed by atoms with Gasteiger partial charge in [-0.3, -0.25) is 13.9 Å². The molecule has 0 fully saturated rings. The van der Waals surface area contributed by atoms with E-state index < -0.39 is 28.5 Å². The quantitative estimate of drug-likeness (QED) is 0.258. The van der Waals surface area contributed by atoms with E-state index in [2.05, 4.69) is 21.2 Å². The Morgan fingerprint density at radius 3 is 2.25 bits per heavy atom. The van der Waals surface area contributed by atoms with Crippen LogP contribution in [-0.4, -0.2) is 50.5 Å². The number of rotatable bonds is 13. The fourth-order valence-electron chi connectivity index (χ4n) is 4.43. The maximum atomic E-state index is 14.1. The van der Waals surface area contributed by atoms with E-state index in [1.54, 1.807) is 18.2 Å². The highest BCUT2D eigenvalue weighted by Gasteiger charge is 2.33. The molecule has 0 spiro atoms. The van der Waals surface area contributed by atoms with Crippen LogP contribution in [0.5, 0.6) is 0 Å². The minimum atomic E-state index is -3.81. The lowest BCUT2D eigenvalue weighted by atomic mass is 10.0. The van der Waals surface area contributed by atoms with Gasteiger partial charge in [-0.1, -0.05) is 83.9 Å². The maximum absolute atomic E-state index is 14.1. The van der Waals surface area contributed by atoms with E-state index in [0.717, 1.165) is 50.1 Å². The van der Waals surface area contributed by atoms with Crippen molar-refractivity contribution >= 4 is 43.5 Å². The maximum Gasteiger partial charge on any atom is 0.244 e. The van der Waals surface area contributed by atoms with E-state index in [4.69, 9.17) is 0 Å². The van der Waals surface area contributed by atoms with Gasteiger partial charge in [-0.25, -0.2) is 8.42 Å². The molecule has 0 heterocycles. The van der Waals surface area contributed by atoms with E-state index in [1.165, 1.54) is 4.90 Å². The number of hydrogen-bond donors (Lipinski definition) is 1. The van der Waals surface area contributed by atoms with Crippen molar-refractivity contribution in [3.63, 3.8) is 0 Å². The van der Waals surface area contributed by atoms with Crippen molar-refractivity contribution in [2.24, 2.45) is 0 Å². The van der Waals surface area contributed by atoms with Crippen LogP contribution in [-0.2, 0) is 32.6 Å². The third-order valence-electron chi connectivity index (χ3n) is 6.81. The number of unbranched alkanes of at least 4 members (excludes halogenated alkanes) is 1. The summed E-state index contributed by atoms with van der Waals surface area (Å²) in [6.07, 6.45) is 3.13. The number of sulfonamides is 1. The number of aryl methyl sites for hydroxylation is 2. The van der Waals surface area contributed by atoms with E-state index in [9.17, 15) is 18.0 Å². The van der Waals surface area contributed by atoms with Gasteiger partial charge in [0.15, 0.2) is 0 Å². The third-order valence-corrected chi connectivity index (χ3v) is 8.84. The molecule has 2 amide bonds. The molecule has 7 nitrogen and oxygen atoms in total. The molecule has 0 aliphatic heterocycles. The fourth-order valence-corrected chi connectivity index (χ4v) is 5.52. The minimum absolute atomic E-state index is 0.168. The first-order chi connectivity index (χ1) is 19.0. The molecule has 1 N–H and O–H groups in total. The summed E-state index contributed by atoms with van der Waals surface area (Å²) in [5.74, 6) is -0.717. The molecule has 0 aliphatic rings. The largest absolute Gasteiger partial charge is 0.354 e. The zero-order valence-electron chi connectivity index (χ0n) is 23.6. The highest BCUT2D eigenvalue weighted by molar-refractivity contribution is 9.10. The highest BCUT2D eigenvalue weighted by Crippen LogP contribution is 2.25. The van der Waals surface area contributed by atoms with Crippen LogP contribution in [0.3, 0.4) is 0 Å². The van der Waals surface area contributed by atoms with Crippen molar-refractivity contribution < 1.29 is 18.0 Å². The van der Waals surface area contributed by atoms with Gasteiger partial charge in [-0.05, 0) is 60.7 Å². The lowest BCUT2D eigenvalue weighted by Gasteiger charge is -2.34. The first-order valence-corrected chi connectivity index (χ1v) is 16.0. The molecule has 3 aromatic rings. The van der Waals surface area contributed by atoms with Crippen LogP contribution >= 0.6 is 15.9 Å². The summed E-state index contributed by atoms with van der Waals surface area (Å²) in [5.41, 5.74) is 4.01. The number of anilines is 1. The van der Waals surface area contributed by atoms with Gasteiger partial charge in [0.2, 0.25) is 21.8 Å². The predicted molar refractivity (Wildman–Crippen MR) is 165 cm³/mol. The molecule has 3 rings (SSSR count). The average molecular weight is 629 g/mol. The molecule has 1 atom stereocenters. The molecule has 40 heavy (non-hydrogen) atoms. The highest BCUT2D eigenvalue weighted by atomic mass is 79.9. The Morgan fingerprint density at radius 1 is 0.950 bits per heavy atom. The summed E-state index contributed by atoms with van der Waals surface area (Å²) in [7, 11) is -3.81. The van der Waals surface area contributed by atoms with Gasteiger partial charge >= 0.3 is 0 Å². The van der Waals surface area contributed by atoms with Crippen molar-refractivity contribution in [2.75, 3.05) is 23.7 Å². The topological polar surface area (TPSA) is 86.8 Å². The molecular weight excluding hydrogens is 590 g/mol. The van der Waals surface area contributed by atoms with Gasteiger partial charge in [0, 0.05) is 24.0 Å². The van der Waals surface area contributed by atoms with Gasteiger partial charge < -0.3 is 10.2 Å². The van der Waals surface area contributed by atoms with E-state index in [1.807, 2.05) is 75.4 Å². The predicted octanol–water partition coefficient (Wildman–Crippen LogP) is 5.39. The smallest absolute Gasteiger partial charge is 0.244 e. The van der Waals surface area contributed by atoms with Crippen LogP contribution in [0.15, 0.2) is 77.3 Å². The Balaban J connectivity index is 2.05.